The van der Waals surface area contributed by atoms with Gasteiger partial charge in [0.25, 0.3) is 0 Å². The van der Waals surface area contributed by atoms with E-state index in [2.05, 4.69) is 10.5 Å². The summed E-state index contributed by atoms with van der Waals surface area (Å²) < 4.78 is 0. The maximum Gasteiger partial charge on any atom is 0.244 e. The molecule has 0 saturated carbocycles. The minimum Gasteiger partial charge on any atom is -0.274 e. The second-order valence-corrected chi connectivity index (χ2v) is 11.3. The molecule has 2 bridgehead atoms. The lowest BCUT2D eigenvalue weighted by molar-refractivity contribution is -0.123. The molecule has 1 heterocycles. The van der Waals surface area contributed by atoms with Gasteiger partial charge in [0.2, 0.25) is 17.7 Å². The van der Waals surface area contributed by atoms with Gasteiger partial charge in [0, 0.05) is 17.2 Å². The number of carbonyl (C=O) groups excluding carboxylic acids is 3. The Hall–Kier alpha value is -4.55. The van der Waals surface area contributed by atoms with Crippen LogP contribution in [0.3, 0.4) is 0 Å². The van der Waals surface area contributed by atoms with E-state index < -0.39 is 17.3 Å². The van der Waals surface area contributed by atoms with Crippen LogP contribution in [0.1, 0.15) is 39.3 Å². The van der Waals surface area contributed by atoms with Crippen LogP contribution in [0.15, 0.2) is 102 Å². The Kier molecular flexibility index (Phi) is 5.91. The average molecular weight is 560 g/mol. The Morgan fingerprint density at radius 3 is 2.20 bits per heavy atom. The molecule has 3 amide bonds. The first kappa shape index (κ1) is 25.4. The number of nitrogens with one attached hydrogen (secondary N) is 1. The number of hydrogen-bond donors (Lipinski definition) is 1. The maximum atomic E-state index is 14.4. The van der Waals surface area contributed by atoms with E-state index in [1.54, 1.807) is 18.3 Å². The standard InChI is InChI=1S/C34H26ClN3O3/c1-20-15-16-22(18-27(20)35)38-32(40)30-29-23-11-5-7-13-25(23)34(31(30)33(38)41,26-14-8-6-12-24(26)29)19-36-37-28(39)17-21-9-3-2-4-10-21/h2-16,18-19,29-31H,17H2,1H3,(H,37,39)/b36-19-/t29?,30-,31+,34?/m1/s1. The highest BCUT2D eigenvalue weighted by Crippen LogP contribution is 2.63. The van der Waals surface area contributed by atoms with Crippen molar-refractivity contribution < 1.29 is 14.4 Å². The van der Waals surface area contributed by atoms with E-state index in [9.17, 15) is 14.4 Å². The van der Waals surface area contributed by atoms with Crippen molar-refractivity contribution in [3.63, 3.8) is 0 Å². The number of halogens is 1. The Morgan fingerprint density at radius 2 is 1.54 bits per heavy atom. The number of benzene rings is 4. The van der Waals surface area contributed by atoms with Crippen LogP contribution in [0.2, 0.25) is 5.02 Å². The normalized spacial score (nSPS) is 23.9. The highest BCUT2D eigenvalue weighted by molar-refractivity contribution is 6.32. The summed E-state index contributed by atoms with van der Waals surface area (Å²) in [6, 6.07) is 30.6. The molecular weight excluding hydrogens is 534 g/mol. The first-order valence-electron chi connectivity index (χ1n) is 13.6. The van der Waals surface area contributed by atoms with Crippen molar-refractivity contribution in [3.05, 3.63) is 135 Å². The maximum absolute atomic E-state index is 14.4. The molecular formula is C34H26ClN3O3. The number of hydrazone groups is 1. The summed E-state index contributed by atoms with van der Waals surface area (Å²) in [6.07, 6.45) is 1.85. The number of nitrogens with zero attached hydrogens (tertiary/aromatic N) is 2. The van der Waals surface area contributed by atoms with Gasteiger partial charge in [0.05, 0.1) is 29.4 Å². The van der Waals surface area contributed by atoms with Gasteiger partial charge in [-0.15, -0.1) is 0 Å². The van der Waals surface area contributed by atoms with Crippen LogP contribution >= 0.6 is 11.6 Å². The van der Waals surface area contributed by atoms with Crippen molar-refractivity contribution in [1.82, 2.24) is 5.43 Å². The lowest BCUT2D eigenvalue weighted by Gasteiger charge is -2.52. The Bertz CT molecular complexity index is 1720. The highest BCUT2D eigenvalue weighted by Gasteiger charge is 2.68. The van der Waals surface area contributed by atoms with Gasteiger partial charge in [-0.3, -0.25) is 14.4 Å². The van der Waals surface area contributed by atoms with Gasteiger partial charge in [0.15, 0.2) is 0 Å². The van der Waals surface area contributed by atoms with Crippen molar-refractivity contribution in [2.75, 3.05) is 4.90 Å². The number of imide groups is 1. The second-order valence-electron chi connectivity index (χ2n) is 10.9. The van der Waals surface area contributed by atoms with Crippen molar-refractivity contribution in [1.29, 1.82) is 0 Å². The summed E-state index contributed by atoms with van der Waals surface area (Å²) >= 11 is 6.43. The van der Waals surface area contributed by atoms with Crippen LogP contribution < -0.4 is 10.3 Å². The molecule has 1 saturated heterocycles. The van der Waals surface area contributed by atoms with Gasteiger partial charge in [-0.05, 0) is 52.4 Å². The summed E-state index contributed by atoms with van der Waals surface area (Å²) in [6.45, 7) is 1.88. The van der Waals surface area contributed by atoms with E-state index in [-0.39, 0.29) is 30.1 Å². The average Bonchev–Trinajstić information content (AvgIpc) is 3.26. The molecule has 8 rings (SSSR count). The van der Waals surface area contributed by atoms with Crippen LogP contribution in [-0.4, -0.2) is 23.9 Å². The van der Waals surface area contributed by atoms with Crippen LogP contribution in [-0.2, 0) is 26.2 Å². The molecule has 41 heavy (non-hydrogen) atoms. The number of rotatable bonds is 5. The van der Waals surface area contributed by atoms with E-state index in [4.69, 9.17) is 11.6 Å². The molecule has 4 aromatic rings. The Labute approximate surface area is 242 Å². The molecule has 1 aliphatic heterocycles. The van der Waals surface area contributed by atoms with Crippen molar-refractivity contribution in [2.24, 2.45) is 16.9 Å². The van der Waals surface area contributed by atoms with Gasteiger partial charge in [-0.2, -0.15) is 5.10 Å². The molecule has 1 N–H and O–H groups in total. The number of anilines is 1. The van der Waals surface area contributed by atoms with Crippen LogP contribution in [0.5, 0.6) is 0 Å². The zero-order valence-electron chi connectivity index (χ0n) is 22.3. The van der Waals surface area contributed by atoms with Crippen molar-refractivity contribution in [3.8, 4) is 0 Å². The van der Waals surface area contributed by atoms with Gasteiger partial charge < -0.3 is 0 Å². The van der Waals surface area contributed by atoms with E-state index >= 15 is 0 Å². The molecule has 4 aromatic carbocycles. The molecule has 202 valence electrons. The summed E-state index contributed by atoms with van der Waals surface area (Å²) in [5, 5.41) is 4.96. The molecule has 0 radical (unpaired) electrons. The Morgan fingerprint density at radius 1 is 0.902 bits per heavy atom. The number of amides is 3. The molecule has 6 nitrogen and oxygen atoms in total. The highest BCUT2D eigenvalue weighted by atomic mass is 35.5. The lowest BCUT2D eigenvalue weighted by Crippen LogP contribution is -2.54. The topological polar surface area (TPSA) is 78.8 Å². The van der Waals surface area contributed by atoms with E-state index in [0.29, 0.717) is 10.7 Å². The minimum atomic E-state index is -1.05. The molecule has 4 aliphatic rings. The molecule has 0 aromatic heterocycles. The molecule has 0 unspecified atom stereocenters. The summed E-state index contributed by atoms with van der Waals surface area (Å²) in [5.41, 5.74) is 7.68. The van der Waals surface area contributed by atoms with Crippen LogP contribution in [0.25, 0.3) is 0 Å². The molecule has 0 spiro atoms. The lowest BCUT2D eigenvalue weighted by atomic mass is 9.47. The SMILES string of the molecule is Cc1ccc(N2C(=O)[C@@H]3C4c5ccccc5C(/C=N\NC(=O)Cc5ccccc5)(c5ccccc54)[C@@H]3C2=O)cc1Cl. The zero-order chi connectivity index (χ0) is 28.3. The van der Waals surface area contributed by atoms with Crippen molar-refractivity contribution >= 4 is 41.2 Å². The van der Waals surface area contributed by atoms with Crippen LogP contribution in [0.4, 0.5) is 5.69 Å². The predicted molar refractivity (Wildman–Crippen MR) is 158 cm³/mol. The van der Waals surface area contributed by atoms with E-state index in [0.717, 1.165) is 33.4 Å². The van der Waals surface area contributed by atoms with Gasteiger partial charge in [0.1, 0.15) is 0 Å². The van der Waals surface area contributed by atoms with E-state index in [1.807, 2.05) is 91.9 Å². The fraction of sp³-hybridized carbons (Fsp3) is 0.176. The Balaban J connectivity index is 1.37. The van der Waals surface area contributed by atoms with E-state index in [1.165, 1.54) is 4.90 Å². The summed E-state index contributed by atoms with van der Waals surface area (Å²) in [5.74, 6) is -2.46. The van der Waals surface area contributed by atoms with Gasteiger partial charge >= 0.3 is 0 Å². The molecule has 1 fully saturated rings. The monoisotopic (exact) mass is 559 g/mol. The zero-order valence-corrected chi connectivity index (χ0v) is 23.0. The summed E-state index contributed by atoms with van der Waals surface area (Å²) in [4.78, 5) is 42.8. The largest absolute Gasteiger partial charge is 0.274 e. The van der Waals surface area contributed by atoms with Gasteiger partial charge in [-0.25, -0.2) is 10.3 Å². The third-order valence-electron chi connectivity index (χ3n) is 8.76. The summed E-state index contributed by atoms with van der Waals surface area (Å²) in [7, 11) is 0. The smallest absolute Gasteiger partial charge is 0.244 e. The first-order chi connectivity index (χ1) is 19.9. The third kappa shape index (κ3) is 3.71. The first-order valence-corrected chi connectivity index (χ1v) is 14.0. The number of hydrogen-bond acceptors (Lipinski definition) is 4. The van der Waals surface area contributed by atoms with Crippen LogP contribution in [0, 0.1) is 18.8 Å². The quantitative estimate of drug-likeness (QED) is 0.198. The van der Waals surface area contributed by atoms with Crippen molar-refractivity contribution in [2.45, 2.75) is 24.7 Å². The number of aryl methyl sites for hydroxylation is 1. The second kappa shape index (κ2) is 9.53. The van der Waals surface area contributed by atoms with Gasteiger partial charge in [-0.1, -0.05) is 96.5 Å². The fourth-order valence-corrected chi connectivity index (χ4v) is 7.23. The predicted octanol–water partition coefficient (Wildman–Crippen LogP) is 5.54. The fourth-order valence-electron chi connectivity index (χ4n) is 7.05. The third-order valence-corrected chi connectivity index (χ3v) is 9.17. The minimum absolute atomic E-state index is 0.172. The molecule has 3 aliphatic carbocycles. The number of carbonyl (C=O) groups is 3. The molecule has 2 atom stereocenters. The molecule has 7 heteroatoms.